The minimum atomic E-state index is -1.18. The molecule has 3 rings (SSSR count). The maximum atomic E-state index is 12.9. The molecule has 0 saturated carbocycles. The van der Waals surface area contributed by atoms with Gasteiger partial charge >= 0.3 is 6.03 Å². The largest absolute Gasteiger partial charge is 0.497 e. The molecule has 2 aliphatic rings. The van der Waals surface area contributed by atoms with Gasteiger partial charge in [0.1, 0.15) is 17.8 Å². The molecule has 134 valence electrons. The third-order valence-electron chi connectivity index (χ3n) is 4.94. The molecule has 25 heavy (non-hydrogen) atoms. The summed E-state index contributed by atoms with van der Waals surface area (Å²) in [5.41, 5.74) is -0.523. The number of methoxy groups -OCH3 is 1. The van der Waals surface area contributed by atoms with Crippen LogP contribution >= 0.6 is 0 Å². The minimum Gasteiger partial charge on any atom is -0.497 e. The first kappa shape index (κ1) is 17.3. The maximum Gasteiger partial charge on any atom is 0.325 e. The summed E-state index contributed by atoms with van der Waals surface area (Å²) in [7, 11) is 1.56. The molecule has 0 radical (unpaired) electrons. The second-order valence-corrected chi connectivity index (χ2v) is 6.62. The van der Waals surface area contributed by atoms with Gasteiger partial charge in [-0.3, -0.25) is 14.5 Å². The van der Waals surface area contributed by atoms with Crippen LogP contribution in [0, 0.1) is 0 Å². The van der Waals surface area contributed by atoms with Gasteiger partial charge in [0.2, 0.25) is 5.91 Å². The number of imide groups is 1. The second kappa shape index (κ2) is 6.74. The van der Waals surface area contributed by atoms with E-state index in [1.807, 2.05) is 0 Å². The maximum absolute atomic E-state index is 12.9. The molecule has 1 aromatic carbocycles. The third-order valence-corrected chi connectivity index (χ3v) is 4.94. The Hall–Kier alpha value is -2.57. The van der Waals surface area contributed by atoms with Gasteiger partial charge in [0, 0.05) is 13.1 Å². The molecule has 2 saturated heterocycles. The number of urea groups is 1. The first-order valence-corrected chi connectivity index (χ1v) is 8.52. The zero-order valence-electron chi connectivity index (χ0n) is 14.6. The number of ether oxygens (including phenoxy) is 1. The number of carbonyl (C=O) groups is 3. The number of hydrogen-bond donors (Lipinski definition) is 1. The Morgan fingerprint density at radius 3 is 2.40 bits per heavy atom. The van der Waals surface area contributed by atoms with Crippen molar-refractivity contribution in [2.45, 2.75) is 31.7 Å². The fourth-order valence-electron chi connectivity index (χ4n) is 3.34. The average molecular weight is 345 g/mol. The van der Waals surface area contributed by atoms with Crippen molar-refractivity contribution >= 4 is 17.8 Å². The zero-order valence-corrected chi connectivity index (χ0v) is 14.6. The lowest BCUT2D eigenvalue weighted by atomic mass is 9.92. The molecule has 0 aliphatic carbocycles. The van der Waals surface area contributed by atoms with Gasteiger partial charge in [0.05, 0.1) is 7.11 Å². The van der Waals surface area contributed by atoms with Gasteiger partial charge in [-0.15, -0.1) is 0 Å². The molecule has 0 aromatic heterocycles. The molecule has 2 aliphatic heterocycles. The summed E-state index contributed by atoms with van der Waals surface area (Å²) in [6.45, 7) is 2.83. The number of benzene rings is 1. The van der Waals surface area contributed by atoms with Gasteiger partial charge in [-0.05, 0) is 43.9 Å². The lowest BCUT2D eigenvalue weighted by Crippen LogP contribution is -2.45. The van der Waals surface area contributed by atoms with Crippen molar-refractivity contribution in [3.05, 3.63) is 29.8 Å². The Kier molecular flexibility index (Phi) is 4.65. The highest BCUT2D eigenvalue weighted by atomic mass is 16.5. The first-order valence-electron chi connectivity index (χ1n) is 8.52. The van der Waals surface area contributed by atoms with Crippen molar-refractivity contribution in [2.75, 3.05) is 26.7 Å². The first-order chi connectivity index (χ1) is 12.0. The van der Waals surface area contributed by atoms with Crippen molar-refractivity contribution < 1.29 is 19.1 Å². The van der Waals surface area contributed by atoms with E-state index in [1.54, 1.807) is 43.2 Å². The molecular weight excluding hydrogens is 322 g/mol. The van der Waals surface area contributed by atoms with Crippen molar-refractivity contribution in [2.24, 2.45) is 0 Å². The van der Waals surface area contributed by atoms with E-state index in [0.29, 0.717) is 24.4 Å². The summed E-state index contributed by atoms with van der Waals surface area (Å²) >= 11 is 0. The minimum absolute atomic E-state index is 0.179. The number of nitrogens with zero attached hydrogens (tertiary/aromatic N) is 2. The summed E-state index contributed by atoms with van der Waals surface area (Å²) < 4.78 is 5.12. The molecule has 1 aromatic rings. The van der Waals surface area contributed by atoms with Gasteiger partial charge in [0.15, 0.2) is 0 Å². The van der Waals surface area contributed by atoms with Crippen molar-refractivity contribution in [1.82, 2.24) is 15.1 Å². The van der Waals surface area contributed by atoms with Crippen LogP contribution in [0.15, 0.2) is 24.3 Å². The standard InChI is InChI=1S/C18H23N3O4/c1-18(13-6-8-14(25-2)9-7-13)16(23)21(17(24)19-18)12-15(22)20-10-4-3-5-11-20/h6-9H,3-5,10-12H2,1-2H3,(H,19,24). The van der Waals surface area contributed by atoms with Gasteiger partial charge in [-0.1, -0.05) is 12.1 Å². The molecule has 7 heteroatoms. The van der Waals surface area contributed by atoms with Crippen LogP contribution in [0.25, 0.3) is 0 Å². The molecule has 1 N–H and O–H groups in total. The van der Waals surface area contributed by atoms with Crippen molar-refractivity contribution in [1.29, 1.82) is 0 Å². The summed E-state index contributed by atoms with van der Waals surface area (Å²) in [6.07, 6.45) is 3.05. The predicted molar refractivity (Wildman–Crippen MR) is 91.0 cm³/mol. The molecule has 4 amide bonds. The van der Waals surface area contributed by atoms with Crippen LogP contribution in [0.2, 0.25) is 0 Å². The van der Waals surface area contributed by atoms with Crippen molar-refractivity contribution in [3.63, 3.8) is 0 Å². The molecule has 2 heterocycles. The highest BCUT2D eigenvalue weighted by Gasteiger charge is 2.49. The van der Waals surface area contributed by atoms with Crippen LogP contribution in [-0.2, 0) is 15.1 Å². The lowest BCUT2D eigenvalue weighted by molar-refractivity contribution is -0.139. The fourth-order valence-corrected chi connectivity index (χ4v) is 3.34. The van der Waals surface area contributed by atoms with Crippen LogP contribution in [-0.4, -0.2) is 54.4 Å². The fraction of sp³-hybridized carbons (Fsp3) is 0.500. The summed E-state index contributed by atoms with van der Waals surface area (Å²) in [5, 5.41) is 2.72. The monoisotopic (exact) mass is 345 g/mol. The number of likely N-dealkylation sites (tertiary alicyclic amines) is 1. The number of nitrogens with one attached hydrogen (secondary N) is 1. The molecule has 1 unspecified atom stereocenters. The SMILES string of the molecule is COc1ccc(C2(C)NC(=O)N(CC(=O)N3CCCCC3)C2=O)cc1. The highest BCUT2D eigenvalue weighted by molar-refractivity contribution is 6.09. The van der Waals surface area contributed by atoms with E-state index in [-0.39, 0.29) is 12.5 Å². The number of amides is 4. The average Bonchev–Trinajstić information content (AvgIpc) is 2.86. The van der Waals surface area contributed by atoms with Crippen molar-refractivity contribution in [3.8, 4) is 5.75 Å². The van der Waals surface area contributed by atoms with Gasteiger partial charge in [0.25, 0.3) is 5.91 Å². The molecule has 1 atom stereocenters. The number of hydrogen-bond acceptors (Lipinski definition) is 4. The Morgan fingerprint density at radius 1 is 1.16 bits per heavy atom. The van der Waals surface area contributed by atoms with Crippen LogP contribution in [0.5, 0.6) is 5.75 Å². The molecule has 0 bridgehead atoms. The van der Waals surface area contributed by atoms with E-state index < -0.39 is 17.5 Å². The van der Waals surface area contributed by atoms with Gasteiger partial charge in [-0.25, -0.2) is 4.79 Å². The normalized spacial score (nSPS) is 23.6. The molecule has 2 fully saturated rings. The Balaban J connectivity index is 1.75. The van der Waals surface area contributed by atoms with E-state index in [0.717, 1.165) is 24.2 Å². The van der Waals surface area contributed by atoms with Crippen LogP contribution < -0.4 is 10.1 Å². The Bertz CT molecular complexity index is 682. The van der Waals surface area contributed by atoms with E-state index in [4.69, 9.17) is 4.74 Å². The van der Waals surface area contributed by atoms with Crippen LogP contribution in [0.4, 0.5) is 4.79 Å². The quantitative estimate of drug-likeness (QED) is 0.838. The predicted octanol–water partition coefficient (Wildman–Crippen LogP) is 1.47. The number of piperidine rings is 1. The molecule has 7 nitrogen and oxygen atoms in total. The zero-order chi connectivity index (χ0) is 18.0. The summed E-state index contributed by atoms with van der Waals surface area (Å²) in [6, 6.07) is 6.43. The van der Waals surface area contributed by atoms with E-state index in [2.05, 4.69) is 5.32 Å². The number of carbonyl (C=O) groups excluding carboxylic acids is 3. The molecule has 0 spiro atoms. The van der Waals surface area contributed by atoms with Gasteiger partial charge in [-0.2, -0.15) is 0 Å². The third kappa shape index (κ3) is 3.18. The smallest absolute Gasteiger partial charge is 0.325 e. The van der Waals surface area contributed by atoms with E-state index in [9.17, 15) is 14.4 Å². The molecular formula is C18H23N3O4. The lowest BCUT2D eigenvalue weighted by Gasteiger charge is -2.28. The van der Waals surface area contributed by atoms with E-state index >= 15 is 0 Å². The number of rotatable bonds is 4. The Morgan fingerprint density at radius 2 is 1.80 bits per heavy atom. The summed E-state index contributed by atoms with van der Waals surface area (Å²) in [5.74, 6) is 0.0801. The topological polar surface area (TPSA) is 79.0 Å². The van der Waals surface area contributed by atoms with Gasteiger partial charge < -0.3 is 15.0 Å². The van der Waals surface area contributed by atoms with Crippen LogP contribution in [0.1, 0.15) is 31.7 Å². The highest BCUT2D eigenvalue weighted by Crippen LogP contribution is 2.30. The van der Waals surface area contributed by atoms with Crippen LogP contribution in [0.3, 0.4) is 0 Å². The van der Waals surface area contributed by atoms with E-state index in [1.165, 1.54) is 0 Å². The Labute approximate surface area is 146 Å². The second-order valence-electron chi connectivity index (χ2n) is 6.62. The summed E-state index contributed by atoms with van der Waals surface area (Å²) in [4.78, 5) is 40.3.